The van der Waals surface area contributed by atoms with E-state index in [1.54, 1.807) is 0 Å². The summed E-state index contributed by atoms with van der Waals surface area (Å²) in [7, 11) is 0. The van der Waals surface area contributed by atoms with Gasteiger partial charge in [0.15, 0.2) is 0 Å². The molecule has 0 saturated carbocycles. The van der Waals surface area contributed by atoms with Crippen molar-refractivity contribution in [2.45, 2.75) is 32.7 Å². The first-order chi connectivity index (χ1) is 8.81. The minimum atomic E-state index is 0.324. The van der Waals surface area contributed by atoms with Crippen LogP contribution in [0.1, 0.15) is 35.5 Å². The fraction of sp³-hybridized carbons (Fsp3) is 0.400. The maximum Gasteiger partial charge on any atom is 0.0605 e. The van der Waals surface area contributed by atoms with Crippen LogP contribution in [0.25, 0.3) is 0 Å². The first-order valence-electron chi connectivity index (χ1n) is 6.48. The van der Waals surface area contributed by atoms with E-state index in [0.29, 0.717) is 6.04 Å². The summed E-state index contributed by atoms with van der Waals surface area (Å²) in [5.41, 5.74) is 2.45. The highest BCUT2D eigenvalue weighted by Crippen LogP contribution is 2.22. The highest BCUT2D eigenvalue weighted by molar-refractivity contribution is 7.09. The predicted octanol–water partition coefficient (Wildman–Crippen LogP) is 3.73. The molecule has 1 atom stereocenters. The number of hydrogen-bond donors (Lipinski definition) is 1. The summed E-state index contributed by atoms with van der Waals surface area (Å²) in [6.07, 6.45) is 4.06. The second-order valence-corrected chi connectivity index (χ2v) is 5.53. The van der Waals surface area contributed by atoms with Crippen molar-refractivity contribution < 1.29 is 0 Å². The van der Waals surface area contributed by atoms with Gasteiger partial charge in [0.1, 0.15) is 0 Å². The zero-order chi connectivity index (χ0) is 12.8. The van der Waals surface area contributed by atoms with Crippen LogP contribution in [0.3, 0.4) is 0 Å². The lowest BCUT2D eigenvalue weighted by Crippen LogP contribution is -2.25. The first-order valence-corrected chi connectivity index (χ1v) is 7.36. The third-order valence-corrected chi connectivity index (χ3v) is 3.90. The third-order valence-electron chi connectivity index (χ3n) is 3.01. The smallest absolute Gasteiger partial charge is 0.0605 e. The van der Waals surface area contributed by atoms with Crippen LogP contribution >= 0.6 is 11.3 Å². The molecule has 1 unspecified atom stereocenters. The van der Waals surface area contributed by atoms with Gasteiger partial charge in [0.25, 0.3) is 0 Å². The molecule has 0 radical (unpaired) electrons. The van der Waals surface area contributed by atoms with E-state index in [2.05, 4.69) is 47.7 Å². The maximum absolute atomic E-state index is 4.55. The number of nitrogens with one attached hydrogen (secondary N) is 1. The van der Waals surface area contributed by atoms with Gasteiger partial charge < -0.3 is 5.32 Å². The van der Waals surface area contributed by atoms with Gasteiger partial charge in [0.2, 0.25) is 0 Å². The van der Waals surface area contributed by atoms with Crippen molar-refractivity contribution in [2.75, 3.05) is 6.54 Å². The molecule has 3 heteroatoms. The first kappa shape index (κ1) is 13.2. The molecule has 96 valence electrons. The summed E-state index contributed by atoms with van der Waals surface area (Å²) < 4.78 is 0. The fourth-order valence-electron chi connectivity index (χ4n) is 2.08. The lowest BCUT2D eigenvalue weighted by Gasteiger charge is -2.19. The van der Waals surface area contributed by atoms with Crippen LogP contribution in [0.4, 0.5) is 0 Å². The van der Waals surface area contributed by atoms with E-state index in [9.17, 15) is 0 Å². The monoisotopic (exact) mass is 260 g/mol. The number of aromatic nitrogens is 1. The molecule has 18 heavy (non-hydrogen) atoms. The Hall–Kier alpha value is -1.19. The van der Waals surface area contributed by atoms with E-state index in [1.165, 1.54) is 16.1 Å². The van der Waals surface area contributed by atoms with E-state index in [4.69, 9.17) is 0 Å². The summed E-state index contributed by atoms with van der Waals surface area (Å²) in [4.78, 5) is 5.96. The van der Waals surface area contributed by atoms with Gasteiger partial charge in [-0.25, -0.2) is 0 Å². The Morgan fingerprint density at radius 1 is 1.33 bits per heavy atom. The lowest BCUT2D eigenvalue weighted by molar-refractivity contribution is 0.518. The van der Waals surface area contributed by atoms with Gasteiger partial charge in [-0.3, -0.25) is 4.98 Å². The molecule has 2 aromatic heterocycles. The van der Waals surface area contributed by atoms with Gasteiger partial charge in [-0.1, -0.05) is 19.1 Å². The Morgan fingerprint density at radius 3 is 2.89 bits per heavy atom. The van der Waals surface area contributed by atoms with E-state index < -0.39 is 0 Å². The molecule has 0 bridgehead atoms. The molecular weight excluding hydrogens is 240 g/mol. The normalized spacial score (nSPS) is 12.6. The summed E-state index contributed by atoms with van der Waals surface area (Å²) in [6.45, 7) is 5.36. The molecule has 0 amide bonds. The highest BCUT2D eigenvalue weighted by atomic mass is 32.1. The molecule has 2 nitrogen and oxygen atoms in total. The van der Waals surface area contributed by atoms with E-state index in [-0.39, 0.29) is 0 Å². The zero-order valence-corrected chi connectivity index (χ0v) is 11.8. The molecule has 0 saturated heterocycles. The molecule has 0 aliphatic heterocycles. The Balaban J connectivity index is 2.16. The van der Waals surface area contributed by atoms with Crippen molar-refractivity contribution in [2.24, 2.45) is 0 Å². The van der Waals surface area contributed by atoms with Gasteiger partial charge in [-0.05, 0) is 43.0 Å². The van der Waals surface area contributed by atoms with Crippen molar-refractivity contribution in [3.05, 3.63) is 52.0 Å². The van der Waals surface area contributed by atoms with Crippen LogP contribution in [0.5, 0.6) is 0 Å². The van der Waals surface area contributed by atoms with Gasteiger partial charge in [-0.15, -0.1) is 11.3 Å². The van der Waals surface area contributed by atoms with Crippen molar-refractivity contribution >= 4 is 11.3 Å². The zero-order valence-electron chi connectivity index (χ0n) is 11.0. The highest BCUT2D eigenvalue weighted by Gasteiger charge is 2.15. The average molecular weight is 260 g/mol. The second-order valence-electron chi connectivity index (χ2n) is 4.50. The largest absolute Gasteiger partial charge is 0.308 e. The molecule has 0 aliphatic carbocycles. The van der Waals surface area contributed by atoms with Crippen LogP contribution in [-0.4, -0.2) is 11.5 Å². The number of thiophene rings is 1. The quantitative estimate of drug-likeness (QED) is 0.856. The Kier molecular flexibility index (Phi) is 4.90. The van der Waals surface area contributed by atoms with Crippen LogP contribution in [0.15, 0.2) is 35.8 Å². The molecular formula is C15H20N2S. The predicted molar refractivity (Wildman–Crippen MR) is 78.0 cm³/mol. The Bertz CT molecular complexity index is 465. The van der Waals surface area contributed by atoms with Gasteiger partial charge in [-0.2, -0.15) is 0 Å². The second kappa shape index (κ2) is 6.66. The summed E-state index contributed by atoms with van der Waals surface area (Å²) >= 11 is 1.82. The van der Waals surface area contributed by atoms with Crippen LogP contribution in [0.2, 0.25) is 0 Å². The summed E-state index contributed by atoms with van der Waals surface area (Å²) in [5, 5.41) is 5.75. The van der Waals surface area contributed by atoms with Gasteiger partial charge in [0, 0.05) is 17.5 Å². The van der Waals surface area contributed by atoms with Crippen molar-refractivity contribution in [3.63, 3.8) is 0 Å². The van der Waals surface area contributed by atoms with Crippen molar-refractivity contribution in [3.8, 4) is 0 Å². The molecule has 2 aromatic rings. The number of nitrogens with zero attached hydrogens (tertiary/aromatic N) is 1. The number of pyridine rings is 1. The van der Waals surface area contributed by atoms with Crippen molar-refractivity contribution in [1.82, 2.24) is 10.3 Å². The minimum absolute atomic E-state index is 0.324. The lowest BCUT2D eigenvalue weighted by atomic mass is 10.0. The molecule has 2 heterocycles. The van der Waals surface area contributed by atoms with E-state index in [0.717, 1.165) is 19.4 Å². The Labute approximate surface area is 113 Å². The third kappa shape index (κ3) is 3.40. The fourth-order valence-corrected chi connectivity index (χ4v) is 2.83. The van der Waals surface area contributed by atoms with Gasteiger partial charge in [0.05, 0.1) is 11.7 Å². The minimum Gasteiger partial charge on any atom is -0.308 e. The van der Waals surface area contributed by atoms with Crippen LogP contribution in [0, 0.1) is 6.92 Å². The SMILES string of the molecule is CCCNC(Cc1cccs1)c1ncccc1C. The molecule has 0 spiro atoms. The topological polar surface area (TPSA) is 24.9 Å². The molecule has 2 rings (SSSR count). The van der Waals surface area contributed by atoms with Crippen LogP contribution < -0.4 is 5.32 Å². The molecule has 0 aromatic carbocycles. The molecule has 0 fully saturated rings. The molecule has 1 N–H and O–H groups in total. The maximum atomic E-state index is 4.55. The summed E-state index contributed by atoms with van der Waals surface area (Å²) in [6, 6.07) is 8.77. The standard InChI is InChI=1S/C15H20N2S/c1-3-8-16-14(11-13-7-5-10-18-13)15-12(2)6-4-9-17-15/h4-7,9-10,14,16H,3,8,11H2,1-2H3. The van der Waals surface area contributed by atoms with Gasteiger partial charge >= 0.3 is 0 Å². The number of rotatable bonds is 6. The summed E-state index contributed by atoms with van der Waals surface area (Å²) in [5.74, 6) is 0. The van der Waals surface area contributed by atoms with E-state index in [1.807, 2.05) is 23.6 Å². The van der Waals surface area contributed by atoms with E-state index >= 15 is 0 Å². The van der Waals surface area contributed by atoms with Crippen LogP contribution in [-0.2, 0) is 6.42 Å². The number of aryl methyl sites for hydroxylation is 1. The Morgan fingerprint density at radius 2 is 2.22 bits per heavy atom. The average Bonchev–Trinajstić information content (AvgIpc) is 2.88. The number of hydrogen-bond acceptors (Lipinski definition) is 3. The molecule has 0 aliphatic rings. The van der Waals surface area contributed by atoms with Crippen molar-refractivity contribution in [1.29, 1.82) is 0 Å².